The molecule has 6 heteroatoms. The standard InChI is InChI=1S/C20H25N5O/c1-13-6-4-5-7-16(13)18-17-12-24(10-15(17)11-25(18)14(2)26)20-19(21-3)22-8-9-23-20/h4-9,15,17-18H,10-12H2,1-3H3,(H,21,22)/t15-,17-,18+/m1/s1. The van der Waals surface area contributed by atoms with E-state index in [4.69, 9.17) is 0 Å². The van der Waals surface area contributed by atoms with E-state index < -0.39 is 0 Å². The van der Waals surface area contributed by atoms with E-state index in [1.54, 1.807) is 19.3 Å². The maximum atomic E-state index is 12.3. The van der Waals surface area contributed by atoms with Crippen molar-refractivity contribution in [3.63, 3.8) is 0 Å². The van der Waals surface area contributed by atoms with E-state index in [1.165, 1.54) is 11.1 Å². The second-order valence-electron chi connectivity index (χ2n) is 7.28. The normalized spacial score (nSPS) is 24.7. The Labute approximate surface area is 154 Å². The lowest BCUT2D eigenvalue weighted by atomic mass is 9.87. The molecule has 0 saturated carbocycles. The first-order valence-corrected chi connectivity index (χ1v) is 9.16. The lowest BCUT2D eigenvalue weighted by molar-refractivity contribution is -0.130. The fourth-order valence-corrected chi connectivity index (χ4v) is 4.60. The van der Waals surface area contributed by atoms with Gasteiger partial charge >= 0.3 is 0 Å². The number of nitrogens with zero attached hydrogens (tertiary/aromatic N) is 4. The number of benzene rings is 1. The molecule has 4 rings (SSSR count). The van der Waals surface area contributed by atoms with Crippen molar-refractivity contribution < 1.29 is 4.79 Å². The Morgan fingerprint density at radius 2 is 1.92 bits per heavy atom. The third kappa shape index (κ3) is 2.69. The van der Waals surface area contributed by atoms with Gasteiger partial charge in [0.15, 0.2) is 11.6 Å². The second-order valence-corrected chi connectivity index (χ2v) is 7.28. The monoisotopic (exact) mass is 351 g/mol. The lowest BCUT2D eigenvalue weighted by Crippen LogP contribution is -2.35. The number of fused-ring (bicyclic) bond motifs is 1. The summed E-state index contributed by atoms with van der Waals surface area (Å²) >= 11 is 0. The van der Waals surface area contributed by atoms with Crippen molar-refractivity contribution in [1.29, 1.82) is 0 Å². The van der Waals surface area contributed by atoms with E-state index in [0.29, 0.717) is 11.8 Å². The van der Waals surface area contributed by atoms with E-state index in [0.717, 1.165) is 31.3 Å². The Kier molecular flexibility index (Phi) is 4.26. The smallest absolute Gasteiger partial charge is 0.219 e. The van der Waals surface area contributed by atoms with Crippen LogP contribution in [-0.2, 0) is 4.79 Å². The van der Waals surface area contributed by atoms with Gasteiger partial charge in [-0.15, -0.1) is 0 Å². The maximum Gasteiger partial charge on any atom is 0.219 e. The lowest BCUT2D eigenvalue weighted by Gasteiger charge is -2.30. The van der Waals surface area contributed by atoms with E-state index in [9.17, 15) is 4.79 Å². The summed E-state index contributed by atoms with van der Waals surface area (Å²) in [6, 6.07) is 8.57. The minimum Gasteiger partial charge on any atom is -0.370 e. The maximum absolute atomic E-state index is 12.3. The van der Waals surface area contributed by atoms with E-state index >= 15 is 0 Å². The summed E-state index contributed by atoms with van der Waals surface area (Å²) in [7, 11) is 1.87. The summed E-state index contributed by atoms with van der Waals surface area (Å²) in [5, 5.41) is 3.14. The summed E-state index contributed by atoms with van der Waals surface area (Å²) in [4.78, 5) is 25.6. The molecule has 0 unspecified atom stereocenters. The van der Waals surface area contributed by atoms with Crippen LogP contribution in [0.1, 0.15) is 24.1 Å². The number of hydrogen-bond acceptors (Lipinski definition) is 5. The van der Waals surface area contributed by atoms with E-state index in [1.807, 2.05) is 7.05 Å². The van der Waals surface area contributed by atoms with Crippen molar-refractivity contribution in [3.05, 3.63) is 47.8 Å². The van der Waals surface area contributed by atoms with Crippen LogP contribution >= 0.6 is 0 Å². The molecule has 0 radical (unpaired) electrons. The molecule has 1 aromatic carbocycles. The van der Waals surface area contributed by atoms with E-state index in [-0.39, 0.29) is 11.9 Å². The molecular formula is C20H25N5O. The SMILES string of the molecule is CNc1nccnc1N1C[C@@H]2CN(C(C)=O)[C@@H](c3ccccc3C)[C@@H]2C1. The first kappa shape index (κ1) is 16.8. The van der Waals surface area contributed by atoms with Gasteiger partial charge in [-0.05, 0) is 18.1 Å². The minimum absolute atomic E-state index is 0.137. The van der Waals surface area contributed by atoms with Crippen LogP contribution in [0, 0.1) is 18.8 Å². The number of carbonyl (C=O) groups excluding carboxylic acids is 1. The summed E-state index contributed by atoms with van der Waals surface area (Å²) < 4.78 is 0. The first-order valence-electron chi connectivity index (χ1n) is 9.16. The number of nitrogens with one attached hydrogen (secondary N) is 1. The van der Waals surface area contributed by atoms with Crippen molar-refractivity contribution in [3.8, 4) is 0 Å². The van der Waals surface area contributed by atoms with Crippen LogP contribution in [0.25, 0.3) is 0 Å². The highest BCUT2D eigenvalue weighted by atomic mass is 16.2. The molecule has 3 atom stereocenters. The molecule has 1 aromatic heterocycles. The molecule has 2 fully saturated rings. The fraction of sp³-hybridized carbons (Fsp3) is 0.450. The van der Waals surface area contributed by atoms with Gasteiger partial charge < -0.3 is 15.1 Å². The molecule has 0 bridgehead atoms. The van der Waals surface area contributed by atoms with Crippen LogP contribution in [0.15, 0.2) is 36.7 Å². The van der Waals surface area contributed by atoms with Crippen molar-refractivity contribution >= 4 is 17.5 Å². The largest absolute Gasteiger partial charge is 0.370 e. The van der Waals surface area contributed by atoms with Gasteiger partial charge in [0.25, 0.3) is 0 Å². The Balaban J connectivity index is 1.67. The highest BCUT2D eigenvalue weighted by Crippen LogP contribution is 2.46. The van der Waals surface area contributed by atoms with Crippen LogP contribution in [0.4, 0.5) is 11.6 Å². The zero-order valence-corrected chi connectivity index (χ0v) is 15.5. The number of aryl methyl sites for hydroxylation is 1. The van der Waals surface area contributed by atoms with Crippen LogP contribution in [-0.4, -0.2) is 47.5 Å². The predicted octanol–water partition coefficient (Wildman–Crippen LogP) is 2.48. The van der Waals surface area contributed by atoms with Crippen LogP contribution in [0.3, 0.4) is 0 Å². The van der Waals surface area contributed by atoms with Crippen molar-refractivity contribution in [2.75, 3.05) is 36.9 Å². The van der Waals surface area contributed by atoms with Crippen molar-refractivity contribution in [1.82, 2.24) is 14.9 Å². The zero-order chi connectivity index (χ0) is 18.3. The molecule has 1 amide bonds. The Morgan fingerprint density at radius 1 is 1.15 bits per heavy atom. The molecule has 0 spiro atoms. The van der Waals surface area contributed by atoms with Crippen molar-refractivity contribution in [2.45, 2.75) is 19.9 Å². The van der Waals surface area contributed by atoms with Crippen LogP contribution in [0.5, 0.6) is 0 Å². The molecule has 2 saturated heterocycles. The molecule has 2 aliphatic heterocycles. The van der Waals surface area contributed by atoms with Crippen molar-refractivity contribution in [2.24, 2.45) is 11.8 Å². The highest BCUT2D eigenvalue weighted by Gasteiger charge is 2.49. The Bertz CT molecular complexity index is 823. The number of hydrogen-bond donors (Lipinski definition) is 1. The van der Waals surface area contributed by atoms with Crippen LogP contribution in [0.2, 0.25) is 0 Å². The van der Waals surface area contributed by atoms with Crippen LogP contribution < -0.4 is 10.2 Å². The first-order chi connectivity index (χ1) is 12.6. The molecular weight excluding hydrogens is 326 g/mol. The zero-order valence-electron chi connectivity index (χ0n) is 15.5. The fourth-order valence-electron chi connectivity index (χ4n) is 4.60. The van der Waals surface area contributed by atoms with Gasteiger partial charge in [0.1, 0.15) is 0 Å². The molecule has 136 valence electrons. The van der Waals surface area contributed by atoms with E-state index in [2.05, 4.69) is 56.3 Å². The number of carbonyl (C=O) groups is 1. The minimum atomic E-state index is 0.137. The van der Waals surface area contributed by atoms with Gasteiger partial charge in [-0.25, -0.2) is 9.97 Å². The summed E-state index contributed by atoms with van der Waals surface area (Å²) in [5.74, 6) is 2.74. The molecule has 2 aliphatic rings. The molecule has 26 heavy (non-hydrogen) atoms. The van der Waals surface area contributed by atoms with Gasteiger partial charge in [0.2, 0.25) is 5.91 Å². The average Bonchev–Trinajstić information content (AvgIpc) is 3.20. The third-order valence-electron chi connectivity index (χ3n) is 5.79. The van der Waals surface area contributed by atoms with Gasteiger partial charge in [-0.2, -0.15) is 0 Å². The van der Waals surface area contributed by atoms with Gasteiger partial charge in [0, 0.05) is 57.8 Å². The van der Waals surface area contributed by atoms with Gasteiger partial charge in [-0.3, -0.25) is 4.79 Å². The number of likely N-dealkylation sites (tertiary alicyclic amines) is 1. The quantitative estimate of drug-likeness (QED) is 0.920. The average molecular weight is 351 g/mol. The summed E-state index contributed by atoms with van der Waals surface area (Å²) in [5.41, 5.74) is 2.52. The number of aromatic nitrogens is 2. The summed E-state index contributed by atoms with van der Waals surface area (Å²) in [6.07, 6.45) is 3.45. The predicted molar refractivity (Wildman–Crippen MR) is 102 cm³/mol. The molecule has 0 aliphatic carbocycles. The molecule has 3 heterocycles. The molecule has 2 aromatic rings. The molecule has 6 nitrogen and oxygen atoms in total. The van der Waals surface area contributed by atoms with Gasteiger partial charge in [0.05, 0.1) is 6.04 Å². The number of rotatable bonds is 3. The third-order valence-corrected chi connectivity index (χ3v) is 5.79. The van der Waals surface area contributed by atoms with Gasteiger partial charge in [-0.1, -0.05) is 24.3 Å². The second kappa shape index (κ2) is 6.59. The topological polar surface area (TPSA) is 61.4 Å². The highest BCUT2D eigenvalue weighted by molar-refractivity contribution is 5.74. The number of amides is 1. The molecule has 1 N–H and O–H groups in total. The number of anilines is 2. The Morgan fingerprint density at radius 3 is 2.65 bits per heavy atom. The summed E-state index contributed by atoms with van der Waals surface area (Å²) in [6.45, 7) is 6.43. The Hall–Kier alpha value is -2.63.